The molecule has 27 heavy (non-hydrogen) atoms. The number of ether oxygens (including phenoxy) is 1. The summed E-state index contributed by atoms with van der Waals surface area (Å²) in [5.74, 6) is -0.498. The zero-order valence-corrected chi connectivity index (χ0v) is 14.9. The number of Topliss-reactive ketones (excluding diaryl/α,β-unsaturated/α-hetero) is 1. The van der Waals surface area contributed by atoms with Gasteiger partial charge in [-0.15, -0.1) is 0 Å². The van der Waals surface area contributed by atoms with E-state index in [1.807, 2.05) is 60.7 Å². The van der Waals surface area contributed by atoms with Crippen LogP contribution in [0.1, 0.15) is 36.0 Å². The molecule has 1 heterocycles. The van der Waals surface area contributed by atoms with Gasteiger partial charge in [0.15, 0.2) is 11.9 Å². The van der Waals surface area contributed by atoms with Crippen molar-refractivity contribution in [3.05, 3.63) is 72.4 Å². The number of nitrogens with zero attached hydrogens (tertiary/aromatic N) is 2. The number of benzene rings is 2. The van der Waals surface area contributed by atoms with E-state index in [0.29, 0.717) is 24.1 Å². The van der Waals surface area contributed by atoms with Crippen molar-refractivity contribution in [1.82, 2.24) is 9.78 Å². The Labute approximate surface area is 157 Å². The fourth-order valence-electron chi connectivity index (χ4n) is 3.31. The van der Waals surface area contributed by atoms with Crippen LogP contribution in [0.3, 0.4) is 0 Å². The van der Waals surface area contributed by atoms with Crippen LogP contribution >= 0.6 is 0 Å². The fraction of sp³-hybridized carbons (Fsp3) is 0.227. The highest BCUT2D eigenvalue weighted by Gasteiger charge is 2.28. The maximum absolute atomic E-state index is 12.9. The average molecular weight is 360 g/mol. The summed E-state index contributed by atoms with van der Waals surface area (Å²) in [5.41, 5.74) is 2.59. The Balaban J connectivity index is 1.70. The maximum Gasteiger partial charge on any atom is 0.342 e. The minimum atomic E-state index is -0.644. The van der Waals surface area contributed by atoms with Gasteiger partial charge in [0.2, 0.25) is 0 Å². The first-order chi connectivity index (χ1) is 13.2. The van der Waals surface area contributed by atoms with Crippen molar-refractivity contribution in [1.29, 1.82) is 0 Å². The van der Waals surface area contributed by atoms with E-state index in [0.717, 1.165) is 24.1 Å². The monoisotopic (exact) mass is 360 g/mol. The molecule has 1 saturated carbocycles. The molecule has 1 atom stereocenters. The summed E-state index contributed by atoms with van der Waals surface area (Å²) < 4.78 is 7.23. The molecular weight excluding hydrogens is 340 g/mol. The largest absolute Gasteiger partial charge is 0.451 e. The molecule has 5 nitrogen and oxygen atoms in total. The van der Waals surface area contributed by atoms with Gasteiger partial charge < -0.3 is 4.74 Å². The van der Waals surface area contributed by atoms with Crippen LogP contribution in [0.2, 0.25) is 0 Å². The van der Waals surface area contributed by atoms with Crippen molar-refractivity contribution in [3.8, 4) is 16.9 Å². The van der Waals surface area contributed by atoms with E-state index >= 15 is 0 Å². The lowest BCUT2D eigenvalue weighted by atomic mass is 9.96. The molecule has 4 rings (SSSR count). The van der Waals surface area contributed by atoms with Crippen LogP contribution in [-0.2, 0) is 9.53 Å². The smallest absolute Gasteiger partial charge is 0.342 e. The van der Waals surface area contributed by atoms with Crippen LogP contribution in [0.5, 0.6) is 0 Å². The molecule has 3 aromatic rings. The molecule has 1 aromatic heterocycles. The van der Waals surface area contributed by atoms with E-state index in [2.05, 4.69) is 5.10 Å². The minimum absolute atomic E-state index is 0.00584. The first kappa shape index (κ1) is 17.2. The van der Waals surface area contributed by atoms with Gasteiger partial charge in [-0.1, -0.05) is 48.5 Å². The molecule has 2 aromatic carbocycles. The Morgan fingerprint density at radius 1 is 1.00 bits per heavy atom. The zero-order chi connectivity index (χ0) is 18.6. The number of rotatable bonds is 4. The van der Waals surface area contributed by atoms with Crippen molar-refractivity contribution in [2.45, 2.75) is 31.8 Å². The summed E-state index contributed by atoms with van der Waals surface area (Å²) in [5, 5.41) is 4.61. The molecule has 0 amide bonds. The molecule has 1 fully saturated rings. The van der Waals surface area contributed by atoms with Crippen LogP contribution in [0, 0.1) is 0 Å². The Kier molecular flexibility index (Phi) is 4.83. The quantitative estimate of drug-likeness (QED) is 0.654. The Bertz CT molecular complexity index is 948. The van der Waals surface area contributed by atoms with Crippen LogP contribution in [0.25, 0.3) is 16.9 Å². The predicted molar refractivity (Wildman–Crippen MR) is 102 cm³/mol. The first-order valence-electron chi connectivity index (χ1n) is 9.16. The minimum Gasteiger partial charge on any atom is -0.451 e. The normalized spacial score (nSPS) is 16.9. The highest BCUT2D eigenvalue weighted by atomic mass is 16.5. The third kappa shape index (κ3) is 3.67. The summed E-state index contributed by atoms with van der Waals surface area (Å²) in [6.45, 7) is 0. The van der Waals surface area contributed by atoms with Crippen molar-refractivity contribution in [2.24, 2.45) is 0 Å². The number of carbonyl (C=O) groups excluding carboxylic acids is 2. The second-order valence-corrected chi connectivity index (χ2v) is 6.64. The predicted octanol–water partition coefficient (Wildman–Crippen LogP) is 4.21. The van der Waals surface area contributed by atoms with E-state index in [4.69, 9.17) is 4.74 Å². The number of para-hydroxylation sites is 1. The number of esters is 1. The number of hydrogen-bond acceptors (Lipinski definition) is 4. The summed E-state index contributed by atoms with van der Waals surface area (Å²) in [6.07, 6.45) is 3.88. The molecule has 0 bridgehead atoms. The van der Waals surface area contributed by atoms with Crippen molar-refractivity contribution in [2.75, 3.05) is 0 Å². The molecule has 1 aliphatic carbocycles. The van der Waals surface area contributed by atoms with E-state index in [9.17, 15) is 9.59 Å². The third-order valence-electron chi connectivity index (χ3n) is 4.75. The van der Waals surface area contributed by atoms with E-state index in [-0.39, 0.29) is 5.78 Å². The Hall–Kier alpha value is -3.21. The second-order valence-electron chi connectivity index (χ2n) is 6.64. The SMILES string of the molecule is O=C(O[C@H]1CCCCC1=O)c1cn(-c2ccccc2)nc1-c1ccccc1. The average Bonchev–Trinajstić information content (AvgIpc) is 3.17. The lowest BCUT2D eigenvalue weighted by molar-refractivity contribution is -0.129. The van der Waals surface area contributed by atoms with Crippen molar-refractivity contribution < 1.29 is 14.3 Å². The Morgan fingerprint density at radius 2 is 1.70 bits per heavy atom. The molecule has 0 radical (unpaired) electrons. The van der Waals surface area contributed by atoms with Crippen LogP contribution < -0.4 is 0 Å². The molecule has 0 unspecified atom stereocenters. The van der Waals surface area contributed by atoms with Crippen molar-refractivity contribution in [3.63, 3.8) is 0 Å². The number of carbonyl (C=O) groups is 2. The lowest BCUT2D eigenvalue weighted by Crippen LogP contribution is -2.30. The molecular formula is C22H20N2O3. The van der Waals surface area contributed by atoms with Gasteiger partial charge in [-0.05, 0) is 31.4 Å². The zero-order valence-electron chi connectivity index (χ0n) is 14.9. The maximum atomic E-state index is 12.9. The summed E-state index contributed by atoms with van der Waals surface area (Å²) in [7, 11) is 0. The lowest BCUT2D eigenvalue weighted by Gasteiger charge is -2.20. The van der Waals surface area contributed by atoms with E-state index in [1.54, 1.807) is 10.9 Å². The van der Waals surface area contributed by atoms with Gasteiger partial charge >= 0.3 is 5.97 Å². The van der Waals surface area contributed by atoms with Crippen LogP contribution in [0.4, 0.5) is 0 Å². The van der Waals surface area contributed by atoms with Gasteiger partial charge in [-0.3, -0.25) is 4.79 Å². The van der Waals surface area contributed by atoms with Gasteiger partial charge in [0, 0.05) is 18.2 Å². The third-order valence-corrected chi connectivity index (χ3v) is 4.75. The topological polar surface area (TPSA) is 61.2 Å². The second kappa shape index (κ2) is 7.58. The van der Waals surface area contributed by atoms with Gasteiger partial charge in [-0.25, -0.2) is 9.48 Å². The highest BCUT2D eigenvalue weighted by Crippen LogP contribution is 2.26. The van der Waals surface area contributed by atoms with Gasteiger partial charge in [-0.2, -0.15) is 5.10 Å². The fourth-order valence-corrected chi connectivity index (χ4v) is 3.31. The van der Waals surface area contributed by atoms with Gasteiger partial charge in [0.05, 0.1) is 5.69 Å². The van der Waals surface area contributed by atoms with Gasteiger partial charge in [0.1, 0.15) is 11.3 Å². The van der Waals surface area contributed by atoms with Crippen LogP contribution in [0.15, 0.2) is 66.9 Å². The standard InChI is InChI=1S/C22H20N2O3/c25-19-13-7-8-14-20(19)27-22(26)18-15-24(17-11-5-2-6-12-17)23-21(18)16-9-3-1-4-10-16/h1-6,9-12,15,20H,7-8,13-14H2/t20-/m0/s1. The van der Waals surface area contributed by atoms with E-state index in [1.165, 1.54) is 0 Å². The molecule has 0 N–H and O–H groups in total. The molecule has 1 aliphatic rings. The summed E-state index contributed by atoms with van der Waals surface area (Å²) in [4.78, 5) is 24.9. The molecule has 5 heteroatoms. The molecule has 0 spiro atoms. The molecule has 0 saturated heterocycles. The Morgan fingerprint density at radius 3 is 2.41 bits per heavy atom. The van der Waals surface area contributed by atoms with Crippen molar-refractivity contribution >= 4 is 11.8 Å². The summed E-state index contributed by atoms with van der Waals surface area (Å²) >= 11 is 0. The van der Waals surface area contributed by atoms with Gasteiger partial charge in [0.25, 0.3) is 0 Å². The first-order valence-corrected chi connectivity index (χ1v) is 9.16. The molecule has 136 valence electrons. The number of aromatic nitrogens is 2. The number of hydrogen-bond donors (Lipinski definition) is 0. The highest BCUT2D eigenvalue weighted by molar-refractivity contribution is 5.98. The van der Waals surface area contributed by atoms with Crippen LogP contribution in [-0.4, -0.2) is 27.6 Å². The van der Waals surface area contributed by atoms with E-state index < -0.39 is 12.1 Å². The summed E-state index contributed by atoms with van der Waals surface area (Å²) in [6, 6.07) is 19.1. The number of ketones is 1. The molecule has 0 aliphatic heterocycles.